The third-order valence-electron chi connectivity index (χ3n) is 2.74. The predicted molar refractivity (Wildman–Crippen MR) is 73.8 cm³/mol. The maximum absolute atomic E-state index is 10.7. The molecule has 0 aliphatic rings. The van der Waals surface area contributed by atoms with Crippen LogP contribution in [-0.4, -0.2) is 25.2 Å². The molecule has 1 heterocycles. The van der Waals surface area contributed by atoms with Gasteiger partial charge in [0.1, 0.15) is 12.0 Å². The fourth-order valence-corrected chi connectivity index (χ4v) is 1.78. The molecule has 19 heavy (non-hydrogen) atoms. The molecule has 0 aliphatic heterocycles. The maximum atomic E-state index is 10.7. The zero-order valence-electron chi connectivity index (χ0n) is 10.9. The number of nitrogens with one attached hydrogen (secondary N) is 1. The normalized spacial score (nSPS) is 10.2. The van der Waals surface area contributed by atoms with Crippen molar-refractivity contribution >= 4 is 17.3 Å². The average molecular weight is 260 g/mol. The van der Waals surface area contributed by atoms with Crippen LogP contribution < -0.4 is 10.2 Å². The van der Waals surface area contributed by atoms with E-state index in [9.17, 15) is 4.79 Å². The zero-order chi connectivity index (χ0) is 13.8. The van der Waals surface area contributed by atoms with Gasteiger partial charge >= 0.3 is 5.97 Å². The summed E-state index contributed by atoms with van der Waals surface area (Å²) < 4.78 is 5.19. The van der Waals surface area contributed by atoms with E-state index in [0.29, 0.717) is 12.3 Å². The van der Waals surface area contributed by atoms with E-state index in [4.69, 9.17) is 9.52 Å². The van der Waals surface area contributed by atoms with Crippen LogP contribution in [0, 0.1) is 0 Å². The number of carboxylic acid groups (broad SMARTS) is 1. The molecular weight excluding hydrogens is 244 g/mol. The Labute approximate surface area is 111 Å². The Morgan fingerprint density at radius 3 is 2.74 bits per heavy atom. The number of benzene rings is 1. The van der Waals surface area contributed by atoms with Crippen molar-refractivity contribution in [3.8, 4) is 0 Å². The van der Waals surface area contributed by atoms with E-state index in [-0.39, 0.29) is 5.56 Å². The molecule has 5 nitrogen and oxygen atoms in total. The topological polar surface area (TPSA) is 65.7 Å². The maximum Gasteiger partial charge on any atom is 0.338 e. The van der Waals surface area contributed by atoms with Crippen molar-refractivity contribution in [1.82, 2.24) is 0 Å². The smallest absolute Gasteiger partial charge is 0.338 e. The largest absolute Gasteiger partial charge is 0.478 e. The van der Waals surface area contributed by atoms with Gasteiger partial charge in [0.25, 0.3) is 0 Å². The molecule has 0 aliphatic carbocycles. The molecule has 0 saturated heterocycles. The quantitative estimate of drug-likeness (QED) is 0.865. The molecule has 0 saturated carbocycles. The van der Waals surface area contributed by atoms with Gasteiger partial charge in [0, 0.05) is 14.1 Å². The van der Waals surface area contributed by atoms with Crippen molar-refractivity contribution in [3.63, 3.8) is 0 Å². The van der Waals surface area contributed by atoms with Crippen LogP contribution in [-0.2, 0) is 6.54 Å². The van der Waals surface area contributed by atoms with Gasteiger partial charge in [0.2, 0.25) is 0 Å². The summed E-state index contributed by atoms with van der Waals surface area (Å²) >= 11 is 0. The van der Waals surface area contributed by atoms with Gasteiger partial charge in [-0.25, -0.2) is 4.79 Å². The van der Waals surface area contributed by atoms with Gasteiger partial charge in [-0.05, 0) is 18.2 Å². The number of hydrogen-bond donors (Lipinski definition) is 2. The molecule has 0 spiro atoms. The number of para-hydroxylation sites is 2. The summed E-state index contributed by atoms with van der Waals surface area (Å²) in [5.74, 6) is -0.394. The Bertz CT molecular complexity index is 576. The number of carbonyl (C=O) groups is 1. The number of nitrogens with zero attached hydrogens (tertiary/aromatic N) is 1. The molecule has 0 radical (unpaired) electrons. The molecule has 2 N–H and O–H groups in total. The molecule has 0 bridgehead atoms. The summed E-state index contributed by atoms with van der Waals surface area (Å²) in [5, 5.41) is 12.0. The lowest BCUT2D eigenvalue weighted by atomic mass is 10.2. The minimum Gasteiger partial charge on any atom is -0.478 e. The molecule has 100 valence electrons. The second kappa shape index (κ2) is 5.48. The highest BCUT2D eigenvalue weighted by Crippen LogP contribution is 2.24. The molecule has 1 aromatic carbocycles. The van der Waals surface area contributed by atoms with Gasteiger partial charge in [-0.3, -0.25) is 0 Å². The van der Waals surface area contributed by atoms with Crippen LogP contribution in [0.15, 0.2) is 41.0 Å². The van der Waals surface area contributed by atoms with Crippen LogP contribution in [0.3, 0.4) is 0 Å². The van der Waals surface area contributed by atoms with Crippen molar-refractivity contribution < 1.29 is 14.3 Å². The van der Waals surface area contributed by atoms with E-state index >= 15 is 0 Å². The Morgan fingerprint density at radius 2 is 2.11 bits per heavy atom. The summed E-state index contributed by atoms with van der Waals surface area (Å²) in [6.07, 6.45) is 1.25. The van der Waals surface area contributed by atoms with Crippen LogP contribution in [0.25, 0.3) is 0 Å². The molecule has 0 fully saturated rings. The highest BCUT2D eigenvalue weighted by atomic mass is 16.4. The second-order valence-electron chi connectivity index (χ2n) is 4.37. The minimum atomic E-state index is -0.983. The second-order valence-corrected chi connectivity index (χ2v) is 4.37. The first-order valence-electron chi connectivity index (χ1n) is 5.89. The lowest BCUT2D eigenvalue weighted by Gasteiger charge is -2.17. The molecule has 0 atom stereocenters. The number of furan rings is 1. The first-order valence-corrected chi connectivity index (χ1v) is 5.89. The van der Waals surface area contributed by atoms with Gasteiger partial charge in [-0.2, -0.15) is 0 Å². The summed E-state index contributed by atoms with van der Waals surface area (Å²) in [6, 6.07) is 9.41. The van der Waals surface area contributed by atoms with Gasteiger partial charge in [0.15, 0.2) is 0 Å². The number of rotatable bonds is 5. The van der Waals surface area contributed by atoms with E-state index in [1.807, 2.05) is 43.3 Å². The first-order chi connectivity index (χ1) is 9.08. The van der Waals surface area contributed by atoms with Crippen molar-refractivity contribution in [2.75, 3.05) is 24.3 Å². The average Bonchev–Trinajstić information content (AvgIpc) is 2.85. The number of carboxylic acids is 1. The fourth-order valence-electron chi connectivity index (χ4n) is 1.78. The molecule has 2 aromatic rings. The summed E-state index contributed by atoms with van der Waals surface area (Å²) in [6.45, 7) is 0.443. The first kappa shape index (κ1) is 13.0. The van der Waals surface area contributed by atoms with Crippen molar-refractivity contribution in [2.45, 2.75) is 6.54 Å². The lowest BCUT2D eigenvalue weighted by molar-refractivity contribution is 0.0696. The van der Waals surface area contributed by atoms with Gasteiger partial charge < -0.3 is 19.7 Å². The molecule has 2 rings (SSSR count). The van der Waals surface area contributed by atoms with E-state index in [1.165, 1.54) is 12.3 Å². The molecule has 1 aromatic heterocycles. The van der Waals surface area contributed by atoms with E-state index in [1.54, 1.807) is 0 Å². The van der Waals surface area contributed by atoms with Crippen molar-refractivity contribution in [3.05, 3.63) is 47.9 Å². The standard InChI is InChI=1S/C14H16N2O3/c1-16(2)13-6-4-3-5-12(13)15-8-11-7-10(9-19-11)14(17)18/h3-7,9,15H,8H2,1-2H3,(H,17,18). The summed E-state index contributed by atoms with van der Waals surface area (Å²) in [4.78, 5) is 12.8. The lowest BCUT2D eigenvalue weighted by Crippen LogP contribution is -2.11. The molecule has 0 unspecified atom stereocenters. The summed E-state index contributed by atoms with van der Waals surface area (Å²) in [7, 11) is 3.94. The minimum absolute atomic E-state index is 0.165. The van der Waals surface area contributed by atoms with Crippen LogP contribution in [0.1, 0.15) is 16.1 Å². The van der Waals surface area contributed by atoms with Gasteiger partial charge in [0.05, 0.1) is 23.5 Å². The van der Waals surface area contributed by atoms with Crippen molar-refractivity contribution in [2.24, 2.45) is 0 Å². The SMILES string of the molecule is CN(C)c1ccccc1NCc1cc(C(=O)O)co1. The molecular formula is C14H16N2O3. The summed E-state index contributed by atoms with van der Waals surface area (Å²) in [5.41, 5.74) is 2.20. The zero-order valence-corrected chi connectivity index (χ0v) is 10.9. The van der Waals surface area contributed by atoms with E-state index in [0.717, 1.165) is 11.4 Å². The van der Waals surface area contributed by atoms with Crippen LogP contribution in [0.2, 0.25) is 0 Å². The number of hydrogen-bond acceptors (Lipinski definition) is 4. The Balaban J connectivity index is 2.08. The van der Waals surface area contributed by atoms with Crippen LogP contribution >= 0.6 is 0 Å². The van der Waals surface area contributed by atoms with Crippen molar-refractivity contribution in [1.29, 1.82) is 0 Å². The third-order valence-corrected chi connectivity index (χ3v) is 2.74. The monoisotopic (exact) mass is 260 g/mol. The van der Waals surface area contributed by atoms with E-state index in [2.05, 4.69) is 5.32 Å². The van der Waals surface area contributed by atoms with Crippen LogP contribution in [0.4, 0.5) is 11.4 Å². The Hall–Kier alpha value is -2.43. The highest BCUT2D eigenvalue weighted by Gasteiger charge is 2.09. The van der Waals surface area contributed by atoms with Gasteiger partial charge in [-0.1, -0.05) is 12.1 Å². The third kappa shape index (κ3) is 3.07. The Kier molecular flexibility index (Phi) is 3.75. The number of anilines is 2. The predicted octanol–water partition coefficient (Wildman–Crippen LogP) is 2.66. The molecule has 5 heteroatoms. The number of aromatic carboxylic acids is 1. The fraction of sp³-hybridized carbons (Fsp3) is 0.214. The van der Waals surface area contributed by atoms with Crippen LogP contribution in [0.5, 0.6) is 0 Å². The van der Waals surface area contributed by atoms with Gasteiger partial charge in [-0.15, -0.1) is 0 Å². The van der Waals surface area contributed by atoms with E-state index < -0.39 is 5.97 Å². The highest BCUT2D eigenvalue weighted by molar-refractivity contribution is 5.87. The molecule has 0 amide bonds. The Morgan fingerprint density at radius 1 is 1.37 bits per heavy atom.